The fourth-order valence-corrected chi connectivity index (χ4v) is 3.75. The molecule has 6 nitrogen and oxygen atoms in total. The largest absolute Gasteiger partial charge is 0.507 e. The molecule has 0 unspecified atom stereocenters. The van der Waals surface area contributed by atoms with Gasteiger partial charge in [0, 0.05) is 28.9 Å². The number of aryl methyl sites for hydroxylation is 1. The lowest BCUT2D eigenvalue weighted by Gasteiger charge is -2.08. The molecule has 0 saturated heterocycles. The summed E-state index contributed by atoms with van der Waals surface area (Å²) in [7, 11) is 0. The van der Waals surface area contributed by atoms with Crippen molar-refractivity contribution in [3.8, 4) is 17.2 Å². The Morgan fingerprint density at radius 1 is 1.06 bits per heavy atom. The summed E-state index contributed by atoms with van der Waals surface area (Å²) in [5.41, 5.74) is 0.917. The number of phenolic OH excluding ortho intramolecular Hbond substituents is 1. The van der Waals surface area contributed by atoms with Crippen LogP contribution < -0.4 is 9.47 Å². The second-order valence-electron chi connectivity index (χ2n) is 7.76. The molecule has 0 aliphatic heterocycles. The van der Waals surface area contributed by atoms with Gasteiger partial charge in [0.25, 0.3) is 0 Å². The van der Waals surface area contributed by atoms with E-state index in [0.29, 0.717) is 22.9 Å². The number of aromatic hydroxyl groups is 1. The number of esters is 1. The average Bonchev–Trinajstić information content (AvgIpc) is 3.23. The van der Waals surface area contributed by atoms with E-state index >= 15 is 0 Å². The summed E-state index contributed by atoms with van der Waals surface area (Å²) in [6.45, 7) is 4.84. The van der Waals surface area contributed by atoms with E-state index < -0.39 is 5.97 Å². The van der Waals surface area contributed by atoms with E-state index in [0.717, 1.165) is 17.0 Å². The van der Waals surface area contributed by atoms with Gasteiger partial charge in [-0.05, 0) is 49.7 Å². The van der Waals surface area contributed by atoms with Crippen molar-refractivity contribution in [2.75, 3.05) is 6.61 Å². The summed E-state index contributed by atoms with van der Waals surface area (Å²) in [5.74, 6) is 0.451. The SMILES string of the molecule is CCCCCCCCOc1ccc(C(=O)Oc2ccc(/C=N/c3ncc(C)s3)c(O)c2)cc1. The van der Waals surface area contributed by atoms with Gasteiger partial charge >= 0.3 is 5.97 Å². The summed E-state index contributed by atoms with van der Waals surface area (Å²) in [5, 5.41) is 10.9. The number of aromatic nitrogens is 1. The second-order valence-corrected chi connectivity index (χ2v) is 8.98. The molecular formula is C26H30N2O4S. The number of benzene rings is 2. The van der Waals surface area contributed by atoms with Gasteiger partial charge in [-0.15, -0.1) is 11.3 Å². The minimum Gasteiger partial charge on any atom is -0.507 e. The third-order valence-electron chi connectivity index (χ3n) is 4.99. The highest BCUT2D eigenvalue weighted by Gasteiger charge is 2.11. The maximum Gasteiger partial charge on any atom is 0.343 e. The average molecular weight is 467 g/mol. The standard InChI is InChI=1S/C26H30N2O4S/c1-3-4-5-6-7-8-15-31-22-12-9-20(10-13-22)25(30)32-23-14-11-21(24(29)16-23)18-28-26-27-17-19(2)33-26/h9-14,16-18,29H,3-8,15H2,1-2H3/b28-18+. The molecule has 0 bridgehead atoms. The van der Waals surface area contributed by atoms with Crippen LogP contribution in [0.15, 0.2) is 53.7 Å². The van der Waals surface area contributed by atoms with Crippen molar-refractivity contribution in [1.29, 1.82) is 0 Å². The van der Waals surface area contributed by atoms with E-state index in [-0.39, 0.29) is 11.5 Å². The van der Waals surface area contributed by atoms with Crippen molar-refractivity contribution in [2.24, 2.45) is 4.99 Å². The summed E-state index contributed by atoms with van der Waals surface area (Å²) in [6, 6.07) is 11.5. The monoisotopic (exact) mass is 466 g/mol. The van der Waals surface area contributed by atoms with Crippen molar-refractivity contribution in [3.63, 3.8) is 0 Å². The predicted molar refractivity (Wildman–Crippen MR) is 132 cm³/mol. The summed E-state index contributed by atoms with van der Waals surface area (Å²) >= 11 is 1.46. The smallest absolute Gasteiger partial charge is 0.343 e. The van der Waals surface area contributed by atoms with Gasteiger partial charge in [0.05, 0.1) is 12.2 Å². The Morgan fingerprint density at radius 3 is 2.48 bits per heavy atom. The van der Waals surface area contributed by atoms with Gasteiger partial charge in [-0.1, -0.05) is 39.0 Å². The lowest BCUT2D eigenvalue weighted by molar-refractivity contribution is 0.0734. The maximum atomic E-state index is 12.4. The Hall–Kier alpha value is -3.19. The quantitative estimate of drug-likeness (QED) is 0.136. The molecule has 0 aliphatic rings. The lowest BCUT2D eigenvalue weighted by atomic mass is 10.1. The Labute approximate surface area is 198 Å². The number of rotatable bonds is 12. The molecule has 0 spiro atoms. The molecule has 1 aromatic heterocycles. The number of unbranched alkanes of at least 4 members (excludes halogenated alkanes) is 5. The van der Waals surface area contributed by atoms with Crippen LogP contribution in [-0.2, 0) is 0 Å². The van der Waals surface area contributed by atoms with Crippen LogP contribution in [0.5, 0.6) is 17.2 Å². The summed E-state index contributed by atoms with van der Waals surface area (Å²) in [4.78, 5) is 21.9. The van der Waals surface area contributed by atoms with Gasteiger partial charge in [0.1, 0.15) is 17.2 Å². The number of nitrogens with zero attached hydrogens (tertiary/aromatic N) is 2. The van der Waals surface area contributed by atoms with E-state index in [1.165, 1.54) is 55.7 Å². The van der Waals surface area contributed by atoms with Crippen LogP contribution in [0.1, 0.15) is 66.2 Å². The van der Waals surface area contributed by atoms with E-state index in [1.807, 2.05) is 6.92 Å². The van der Waals surface area contributed by atoms with Crippen molar-refractivity contribution in [2.45, 2.75) is 52.4 Å². The molecule has 1 heterocycles. The van der Waals surface area contributed by atoms with Crippen LogP contribution >= 0.6 is 11.3 Å². The molecule has 174 valence electrons. The van der Waals surface area contributed by atoms with E-state index in [1.54, 1.807) is 42.6 Å². The fourth-order valence-electron chi connectivity index (χ4n) is 3.15. The number of hydrogen-bond donors (Lipinski definition) is 1. The zero-order chi connectivity index (χ0) is 23.5. The molecule has 7 heteroatoms. The molecule has 2 aromatic carbocycles. The van der Waals surface area contributed by atoms with Gasteiger partial charge in [0.2, 0.25) is 5.13 Å². The minimum atomic E-state index is -0.503. The summed E-state index contributed by atoms with van der Waals surface area (Å²) in [6.07, 6.45) is 10.6. The zero-order valence-corrected chi connectivity index (χ0v) is 19.9. The number of aliphatic imine (C=N–C) groups is 1. The number of hydrogen-bond acceptors (Lipinski definition) is 7. The number of carbonyl (C=O) groups excluding carboxylic acids is 1. The normalized spacial score (nSPS) is 11.1. The minimum absolute atomic E-state index is 0.0317. The molecule has 3 rings (SSSR count). The van der Waals surface area contributed by atoms with Gasteiger partial charge in [0.15, 0.2) is 0 Å². The van der Waals surface area contributed by atoms with Gasteiger partial charge in [-0.3, -0.25) is 0 Å². The van der Waals surface area contributed by atoms with Crippen LogP contribution in [0.25, 0.3) is 0 Å². The first-order valence-electron chi connectivity index (χ1n) is 11.3. The zero-order valence-electron chi connectivity index (χ0n) is 19.1. The van der Waals surface area contributed by atoms with Crippen molar-refractivity contribution in [3.05, 3.63) is 64.7 Å². The first-order chi connectivity index (χ1) is 16.0. The molecule has 3 aromatic rings. The van der Waals surface area contributed by atoms with Crippen LogP contribution in [-0.4, -0.2) is 28.9 Å². The van der Waals surface area contributed by atoms with Crippen molar-refractivity contribution < 1.29 is 19.4 Å². The van der Waals surface area contributed by atoms with Gasteiger partial charge in [-0.25, -0.2) is 14.8 Å². The lowest BCUT2D eigenvalue weighted by Crippen LogP contribution is -2.08. The van der Waals surface area contributed by atoms with Crippen LogP contribution in [0.3, 0.4) is 0 Å². The van der Waals surface area contributed by atoms with Gasteiger partial charge in [-0.2, -0.15) is 0 Å². The number of carbonyl (C=O) groups is 1. The number of ether oxygens (including phenoxy) is 2. The third-order valence-corrected chi connectivity index (χ3v) is 5.81. The molecule has 33 heavy (non-hydrogen) atoms. The molecule has 0 radical (unpaired) electrons. The Morgan fingerprint density at radius 2 is 1.79 bits per heavy atom. The predicted octanol–water partition coefficient (Wildman–Crippen LogP) is 6.87. The Balaban J connectivity index is 1.48. The second kappa shape index (κ2) is 12.7. The molecule has 0 atom stereocenters. The topological polar surface area (TPSA) is 81.0 Å². The molecule has 0 aliphatic carbocycles. The highest BCUT2D eigenvalue weighted by molar-refractivity contribution is 7.15. The Kier molecular flexibility index (Phi) is 9.44. The Bertz CT molecular complexity index is 1060. The van der Waals surface area contributed by atoms with Gasteiger partial charge < -0.3 is 14.6 Å². The third kappa shape index (κ3) is 8.02. The fraction of sp³-hybridized carbons (Fsp3) is 0.346. The number of phenols is 1. The molecule has 1 N–H and O–H groups in total. The van der Waals surface area contributed by atoms with Crippen molar-refractivity contribution in [1.82, 2.24) is 4.98 Å². The molecule has 0 fully saturated rings. The van der Waals surface area contributed by atoms with Crippen LogP contribution in [0.2, 0.25) is 0 Å². The maximum absolute atomic E-state index is 12.4. The van der Waals surface area contributed by atoms with Crippen LogP contribution in [0.4, 0.5) is 5.13 Å². The first-order valence-corrected chi connectivity index (χ1v) is 12.1. The molecule has 0 saturated carbocycles. The highest BCUT2D eigenvalue weighted by atomic mass is 32.1. The highest BCUT2D eigenvalue weighted by Crippen LogP contribution is 2.25. The van der Waals surface area contributed by atoms with Crippen LogP contribution in [0, 0.1) is 6.92 Å². The number of thiazole rings is 1. The first kappa shape index (κ1) is 24.5. The molecular weight excluding hydrogens is 436 g/mol. The summed E-state index contributed by atoms with van der Waals surface area (Å²) < 4.78 is 11.1. The molecule has 0 amide bonds. The van der Waals surface area contributed by atoms with E-state index in [9.17, 15) is 9.90 Å². The van der Waals surface area contributed by atoms with E-state index in [2.05, 4.69) is 16.9 Å². The van der Waals surface area contributed by atoms with Crippen molar-refractivity contribution >= 4 is 28.7 Å². The van der Waals surface area contributed by atoms with E-state index in [4.69, 9.17) is 9.47 Å².